The fraction of sp³-hybridized carbons (Fsp3) is 0.857. The molecule has 0 aromatic carbocycles. The van der Waals surface area contributed by atoms with Gasteiger partial charge in [-0.1, -0.05) is 0 Å². The fourth-order valence-corrected chi connectivity index (χ4v) is 2.84. The van der Waals surface area contributed by atoms with Gasteiger partial charge < -0.3 is 23.7 Å². The molecule has 0 aromatic rings. The summed E-state index contributed by atoms with van der Waals surface area (Å²) in [6.45, 7) is 1.81. The van der Waals surface area contributed by atoms with Gasteiger partial charge in [-0.2, -0.15) is 0 Å². The van der Waals surface area contributed by atoms with Crippen molar-refractivity contribution < 1.29 is 33.3 Å². The van der Waals surface area contributed by atoms with Crippen molar-refractivity contribution in [2.75, 3.05) is 26.4 Å². The Labute approximate surface area is 121 Å². The number of esters is 2. The normalized spacial score (nSPS) is 42.7. The molecule has 6 unspecified atom stereocenters. The summed E-state index contributed by atoms with van der Waals surface area (Å²) in [5.41, 5.74) is 0. The number of carbonyl (C=O) groups is 2. The van der Waals surface area contributed by atoms with Crippen LogP contribution in [0, 0.1) is 11.8 Å². The minimum Gasteiger partial charge on any atom is -0.463 e. The van der Waals surface area contributed by atoms with Gasteiger partial charge in [0.25, 0.3) is 0 Å². The molecule has 0 N–H and O–H groups in total. The Hall–Kier alpha value is -1.18. The summed E-state index contributed by atoms with van der Waals surface area (Å²) in [7, 11) is 0. The maximum Gasteiger partial charge on any atom is 0.310 e. The minimum atomic E-state index is -0.472. The van der Waals surface area contributed by atoms with Gasteiger partial charge in [0.1, 0.15) is 25.4 Å². The fourth-order valence-electron chi connectivity index (χ4n) is 2.84. The molecular weight excluding hydrogens is 280 g/mol. The zero-order chi connectivity index (χ0) is 14.4. The maximum absolute atomic E-state index is 12.2. The van der Waals surface area contributed by atoms with Gasteiger partial charge in [-0.3, -0.25) is 9.59 Å². The van der Waals surface area contributed by atoms with Crippen molar-refractivity contribution in [1.82, 2.24) is 0 Å². The van der Waals surface area contributed by atoms with Crippen molar-refractivity contribution in [3.8, 4) is 0 Å². The first-order valence-corrected chi connectivity index (χ1v) is 7.42. The molecule has 0 amide bonds. The van der Waals surface area contributed by atoms with Gasteiger partial charge in [0.2, 0.25) is 0 Å². The Morgan fingerprint density at radius 1 is 0.857 bits per heavy atom. The molecule has 1 saturated carbocycles. The predicted molar refractivity (Wildman–Crippen MR) is 66.3 cm³/mol. The highest BCUT2D eigenvalue weighted by molar-refractivity contribution is 5.82. The van der Waals surface area contributed by atoms with Gasteiger partial charge in [-0.05, 0) is 12.8 Å². The van der Waals surface area contributed by atoms with Crippen LogP contribution < -0.4 is 0 Å². The number of hydrogen-bond acceptors (Lipinski definition) is 7. The topological polar surface area (TPSA) is 90.2 Å². The van der Waals surface area contributed by atoms with Crippen molar-refractivity contribution in [3.05, 3.63) is 0 Å². The van der Waals surface area contributed by atoms with Crippen LogP contribution in [0.4, 0.5) is 0 Å². The van der Waals surface area contributed by atoms with E-state index in [1.807, 2.05) is 0 Å². The van der Waals surface area contributed by atoms with E-state index in [0.717, 1.165) is 0 Å². The van der Waals surface area contributed by atoms with Crippen molar-refractivity contribution >= 4 is 11.9 Å². The van der Waals surface area contributed by atoms with Crippen molar-refractivity contribution in [1.29, 1.82) is 0 Å². The molecule has 6 atom stereocenters. The molecule has 7 nitrogen and oxygen atoms in total. The van der Waals surface area contributed by atoms with E-state index in [9.17, 15) is 9.59 Å². The summed E-state index contributed by atoms with van der Waals surface area (Å²) in [4.78, 5) is 24.4. The third-order valence-electron chi connectivity index (χ3n) is 4.38. The lowest BCUT2D eigenvalue weighted by atomic mass is 9.79. The Morgan fingerprint density at radius 3 is 1.67 bits per heavy atom. The third kappa shape index (κ3) is 3.20. The second-order valence-corrected chi connectivity index (χ2v) is 6.07. The summed E-state index contributed by atoms with van der Waals surface area (Å²) in [6, 6.07) is 0. The highest BCUT2D eigenvalue weighted by Gasteiger charge is 2.53. The molecule has 0 radical (unpaired) electrons. The molecule has 3 heterocycles. The standard InChI is InChI=1S/C14H18O7/c15-13(19-5-7-3-17-7)9-1-11-12(21-11)2-10(9)14(16)20-6-8-4-18-8/h7-12H,1-6H2. The Bertz CT molecular complexity index is 403. The zero-order valence-corrected chi connectivity index (χ0v) is 11.6. The smallest absolute Gasteiger partial charge is 0.310 e. The summed E-state index contributed by atoms with van der Waals surface area (Å²) in [6.07, 6.45) is 1.31. The molecule has 3 aliphatic heterocycles. The second kappa shape index (κ2) is 5.23. The lowest BCUT2D eigenvalue weighted by Crippen LogP contribution is -2.38. The number of hydrogen-bond donors (Lipinski definition) is 0. The maximum atomic E-state index is 12.2. The van der Waals surface area contributed by atoms with Gasteiger partial charge in [-0.15, -0.1) is 0 Å². The monoisotopic (exact) mass is 298 g/mol. The third-order valence-corrected chi connectivity index (χ3v) is 4.38. The van der Waals surface area contributed by atoms with E-state index in [1.54, 1.807) is 0 Å². The van der Waals surface area contributed by atoms with Crippen LogP contribution in [0.3, 0.4) is 0 Å². The van der Waals surface area contributed by atoms with Crippen LogP contribution in [0.5, 0.6) is 0 Å². The van der Waals surface area contributed by atoms with Crippen LogP contribution in [0.15, 0.2) is 0 Å². The van der Waals surface area contributed by atoms with Gasteiger partial charge in [0, 0.05) is 0 Å². The first kappa shape index (κ1) is 13.5. The van der Waals surface area contributed by atoms with Gasteiger partial charge in [0.05, 0.1) is 37.3 Å². The lowest BCUT2D eigenvalue weighted by molar-refractivity contribution is -0.162. The molecule has 116 valence electrons. The van der Waals surface area contributed by atoms with Gasteiger partial charge in [0.15, 0.2) is 0 Å². The van der Waals surface area contributed by atoms with E-state index in [4.69, 9.17) is 23.7 Å². The number of ether oxygens (including phenoxy) is 5. The average Bonchev–Trinajstić information content (AvgIpc) is 3.37. The molecule has 0 aromatic heterocycles. The van der Waals surface area contributed by atoms with Crippen LogP contribution >= 0.6 is 0 Å². The minimum absolute atomic E-state index is 0.0277. The lowest BCUT2D eigenvalue weighted by Gasteiger charge is -2.26. The summed E-state index contributed by atoms with van der Waals surface area (Å²) < 4.78 is 26.0. The molecule has 7 heteroatoms. The predicted octanol–water partition coefficient (Wildman–Crippen LogP) is -0.336. The summed E-state index contributed by atoms with van der Waals surface area (Å²) in [5.74, 6) is -1.63. The second-order valence-electron chi connectivity index (χ2n) is 6.07. The largest absolute Gasteiger partial charge is 0.463 e. The quantitative estimate of drug-likeness (QED) is 0.489. The number of carbonyl (C=O) groups excluding carboxylic acids is 2. The highest BCUT2D eigenvalue weighted by atomic mass is 16.6. The summed E-state index contributed by atoms with van der Waals surface area (Å²) in [5, 5.41) is 0. The van der Waals surface area contributed by atoms with E-state index in [-0.39, 0.29) is 49.6 Å². The Balaban J connectivity index is 1.35. The van der Waals surface area contributed by atoms with Crippen LogP contribution in [0.2, 0.25) is 0 Å². The average molecular weight is 298 g/mol. The van der Waals surface area contributed by atoms with E-state index in [0.29, 0.717) is 26.1 Å². The first-order chi connectivity index (χ1) is 10.2. The van der Waals surface area contributed by atoms with Crippen LogP contribution in [0.1, 0.15) is 12.8 Å². The molecule has 4 fully saturated rings. The van der Waals surface area contributed by atoms with Crippen molar-refractivity contribution in [2.45, 2.75) is 37.3 Å². The molecule has 0 spiro atoms. The number of rotatable bonds is 6. The molecule has 4 rings (SSSR count). The van der Waals surface area contributed by atoms with E-state index >= 15 is 0 Å². The molecule has 0 bridgehead atoms. The van der Waals surface area contributed by atoms with E-state index < -0.39 is 11.8 Å². The van der Waals surface area contributed by atoms with E-state index in [2.05, 4.69) is 0 Å². The molecule has 1 aliphatic carbocycles. The van der Waals surface area contributed by atoms with Crippen LogP contribution in [-0.4, -0.2) is 62.8 Å². The zero-order valence-electron chi connectivity index (χ0n) is 11.6. The SMILES string of the molecule is O=C(OCC1CO1)C1CC2OC2CC1C(=O)OCC1CO1. The molecule has 3 saturated heterocycles. The van der Waals surface area contributed by atoms with Gasteiger partial charge >= 0.3 is 11.9 Å². The van der Waals surface area contributed by atoms with E-state index in [1.165, 1.54) is 0 Å². The number of epoxide rings is 3. The Kier molecular flexibility index (Phi) is 3.35. The molecular formula is C14H18O7. The van der Waals surface area contributed by atoms with Crippen molar-refractivity contribution in [3.63, 3.8) is 0 Å². The first-order valence-electron chi connectivity index (χ1n) is 7.42. The molecule has 21 heavy (non-hydrogen) atoms. The molecule has 4 aliphatic rings. The van der Waals surface area contributed by atoms with Crippen LogP contribution in [-0.2, 0) is 33.3 Å². The van der Waals surface area contributed by atoms with Crippen molar-refractivity contribution in [2.24, 2.45) is 11.8 Å². The van der Waals surface area contributed by atoms with Crippen LogP contribution in [0.25, 0.3) is 0 Å². The Morgan fingerprint density at radius 2 is 1.29 bits per heavy atom. The van der Waals surface area contributed by atoms with Gasteiger partial charge in [-0.25, -0.2) is 0 Å². The number of fused-ring (bicyclic) bond motifs is 1. The highest BCUT2D eigenvalue weighted by Crippen LogP contribution is 2.44. The summed E-state index contributed by atoms with van der Waals surface area (Å²) >= 11 is 0.